The smallest absolute Gasteiger partial charge is 0.0825 e. The van der Waals surface area contributed by atoms with Gasteiger partial charge in [0.1, 0.15) is 0 Å². The maximum atomic E-state index is 5.34. The number of ether oxygens (including phenoxy) is 1. The number of likely N-dealkylation sites (tertiary alicyclic amines) is 1. The van der Waals surface area contributed by atoms with E-state index in [1.54, 1.807) is 7.11 Å². The Hall–Kier alpha value is -0.870. The van der Waals surface area contributed by atoms with Crippen LogP contribution in [0.3, 0.4) is 0 Å². The Kier molecular flexibility index (Phi) is 4.00. The molecular weight excluding hydrogens is 250 g/mol. The first-order valence-electron chi connectivity index (χ1n) is 7.46. The fourth-order valence-electron chi connectivity index (χ4n) is 2.51. The molecule has 0 aliphatic carbocycles. The summed E-state index contributed by atoms with van der Waals surface area (Å²) in [6.45, 7) is 16.3. The van der Waals surface area contributed by atoms with Gasteiger partial charge in [-0.05, 0) is 26.2 Å². The van der Waals surface area contributed by atoms with E-state index in [2.05, 4.69) is 57.3 Å². The van der Waals surface area contributed by atoms with E-state index >= 15 is 0 Å². The van der Waals surface area contributed by atoms with E-state index in [1.165, 1.54) is 11.3 Å². The predicted molar refractivity (Wildman–Crippen MR) is 82.0 cm³/mol. The van der Waals surface area contributed by atoms with Crippen LogP contribution in [0.25, 0.3) is 0 Å². The third-order valence-electron chi connectivity index (χ3n) is 3.92. The Morgan fingerprint density at radius 1 is 1.20 bits per heavy atom. The molecule has 0 radical (unpaired) electrons. The summed E-state index contributed by atoms with van der Waals surface area (Å²) in [6.07, 6.45) is 2.63. The average molecular weight is 279 g/mol. The third kappa shape index (κ3) is 3.23. The standard InChI is InChI=1S/C16H29N3O/c1-15(2,3)13-10-19(16(4,5)6)17-14(13)11-18-8-12(9-18)20-7/h10,12H,8-9,11H2,1-7H3. The van der Waals surface area contributed by atoms with Gasteiger partial charge >= 0.3 is 0 Å². The van der Waals surface area contributed by atoms with Crippen molar-refractivity contribution in [1.82, 2.24) is 14.7 Å². The van der Waals surface area contributed by atoms with E-state index < -0.39 is 0 Å². The summed E-state index contributed by atoms with van der Waals surface area (Å²) in [7, 11) is 1.79. The second kappa shape index (κ2) is 5.15. The quantitative estimate of drug-likeness (QED) is 0.852. The van der Waals surface area contributed by atoms with Gasteiger partial charge in [-0.15, -0.1) is 0 Å². The number of rotatable bonds is 3. The van der Waals surface area contributed by atoms with Gasteiger partial charge in [0.05, 0.1) is 17.3 Å². The molecule has 0 unspecified atom stereocenters. The molecule has 114 valence electrons. The van der Waals surface area contributed by atoms with Crippen LogP contribution in [0.4, 0.5) is 0 Å². The van der Waals surface area contributed by atoms with Crippen LogP contribution >= 0.6 is 0 Å². The van der Waals surface area contributed by atoms with Crippen molar-refractivity contribution in [2.24, 2.45) is 0 Å². The molecular formula is C16H29N3O. The molecule has 4 nitrogen and oxygen atoms in total. The maximum Gasteiger partial charge on any atom is 0.0825 e. The molecule has 0 atom stereocenters. The summed E-state index contributed by atoms with van der Waals surface area (Å²) in [5, 5.41) is 4.85. The third-order valence-corrected chi connectivity index (χ3v) is 3.92. The Morgan fingerprint density at radius 2 is 1.80 bits per heavy atom. The Bertz CT molecular complexity index is 459. The Labute approximate surface area is 123 Å². The average Bonchev–Trinajstić information content (AvgIpc) is 2.65. The molecule has 4 heteroatoms. The van der Waals surface area contributed by atoms with Crippen molar-refractivity contribution in [3.05, 3.63) is 17.5 Å². The minimum atomic E-state index is 0.0300. The van der Waals surface area contributed by atoms with E-state index in [-0.39, 0.29) is 11.0 Å². The number of hydrogen-bond donors (Lipinski definition) is 0. The SMILES string of the molecule is COC1CN(Cc2nn(C(C)(C)C)cc2C(C)(C)C)C1. The van der Waals surface area contributed by atoms with Crippen LogP contribution in [0.1, 0.15) is 52.8 Å². The number of hydrogen-bond acceptors (Lipinski definition) is 3. The summed E-state index contributed by atoms with van der Waals surface area (Å²) in [5.41, 5.74) is 2.72. The molecule has 1 aromatic heterocycles. The number of aromatic nitrogens is 2. The lowest BCUT2D eigenvalue weighted by Gasteiger charge is -2.38. The van der Waals surface area contributed by atoms with E-state index in [0.717, 1.165) is 19.6 Å². The molecule has 1 fully saturated rings. The van der Waals surface area contributed by atoms with Crippen molar-refractivity contribution in [2.75, 3.05) is 20.2 Å². The largest absolute Gasteiger partial charge is 0.379 e. The van der Waals surface area contributed by atoms with Crippen LogP contribution in [0.2, 0.25) is 0 Å². The van der Waals surface area contributed by atoms with Crippen LogP contribution in [0.5, 0.6) is 0 Å². The van der Waals surface area contributed by atoms with Gasteiger partial charge in [0.2, 0.25) is 0 Å². The first kappa shape index (κ1) is 15.5. The van der Waals surface area contributed by atoms with Crippen molar-refractivity contribution >= 4 is 0 Å². The number of nitrogens with zero attached hydrogens (tertiary/aromatic N) is 3. The van der Waals surface area contributed by atoms with E-state index in [4.69, 9.17) is 9.84 Å². The lowest BCUT2D eigenvalue weighted by atomic mass is 9.87. The van der Waals surface area contributed by atoms with Crippen LogP contribution in [0, 0.1) is 0 Å². The van der Waals surface area contributed by atoms with Gasteiger partial charge in [0, 0.05) is 38.5 Å². The zero-order valence-corrected chi connectivity index (χ0v) is 14.0. The minimum Gasteiger partial charge on any atom is -0.379 e. The molecule has 0 bridgehead atoms. The molecule has 1 aliphatic heterocycles. The first-order chi connectivity index (χ1) is 9.11. The molecule has 0 spiro atoms. The van der Waals surface area contributed by atoms with Gasteiger partial charge in [-0.25, -0.2) is 0 Å². The topological polar surface area (TPSA) is 30.3 Å². The normalized spacial score (nSPS) is 18.4. The highest BCUT2D eigenvalue weighted by molar-refractivity contribution is 5.26. The second-order valence-corrected chi connectivity index (χ2v) is 7.91. The lowest BCUT2D eigenvalue weighted by Crippen LogP contribution is -2.51. The lowest BCUT2D eigenvalue weighted by molar-refractivity contribution is -0.0342. The van der Waals surface area contributed by atoms with Crippen molar-refractivity contribution in [2.45, 2.75) is 65.1 Å². The summed E-state index contributed by atoms with van der Waals surface area (Å²) in [4.78, 5) is 2.40. The molecule has 1 saturated heterocycles. The van der Waals surface area contributed by atoms with Gasteiger partial charge in [0.15, 0.2) is 0 Å². The summed E-state index contributed by atoms with van der Waals surface area (Å²) >= 11 is 0. The summed E-state index contributed by atoms with van der Waals surface area (Å²) in [5.74, 6) is 0. The van der Waals surface area contributed by atoms with Crippen LogP contribution < -0.4 is 0 Å². The van der Waals surface area contributed by atoms with Gasteiger partial charge in [-0.1, -0.05) is 20.8 Å². The second-order valence-electron chi connectivity index (χ2n) is 7.91. The van der Waals surface area contributed by atoms with Crippen molar-refractivity contribution in [3.63, 3.8) is 0 Å². The molecule has 20 heavy (non-hydrogen) atoms. The first-order valence-corrected chi connectivity index (χ1v) is 7.46. The van der Waals surface area contributed by atoms with Gasteiger partial charge in [-0.3, -0.25) is 9.58 Å². The van der Waals surface area contributed by atoms with E-state index in [9.17, 15) is 0 Å². The van der Waals surface area contributed by atoms with E-state index in [0.29, 0.717) is 6.10 Å². The van der Waals surface area contributed by atoms with Crippen LogP contribution in [-0.2, 0) is 22.2 Å². The van der Waals surface area contributed by atoms with Gasteiger partial charge < -0.3 is 4.74 Å². The van der Waals surface area contributed by atoms with Gasteiger partial charge in [0.25, 0.3) is 0 Å². The molecule has 0 aromatic carbocycles. The minimum absolute atomic E-state index is 0.0300. The fourth-order valence-corrected chi connectivity index (χ4v) is 2.51. The Balaban J connectivity index is 2.20. The van der Waals surface area contributed by atoms with Gasteiger partial charge in [-0.2, -0.15) is 5.10 Å². The molecule has 0 saturated carbocycles. The molecule has 2 heterocycles. The highest BCUT2D eigenvalue weighted by atomic mass is 16.5. The highest BCUT2D eigenvalue weighted by Crippen LogP contribution is 2.29. The van der Waals surface area contributed by atoms with Crippen molar-refractivity contribution in [1.29, 1.82) is 0 Å². The zero-order chi connectivity index (χ0) is 15.1. The van der Waals surface area contributed by atoms with Crippen LogP contribution in [-0.4, -0.2) is 41.0 Å². The molecule has 0 amide bonds. The molecule has 1 aliphatic rings. The molecule has 1 aromatic rings. The van der Waals surface area contributed by atoms with Crippen LogP contribution in [0.15, 0.2) is 6.20 Å². The van der Waals surface area contributed by atoms with E-state index in [1.807, 2.05) is 0 Å². The monoisotopic (exact) mass is 279 g/mol. The van der Waals surface area contributed by atoms with Crippen molar-refractivity contribution in [3.8, 4) is 0 Å². The summed E-state index contributed by atoms with van der Waals surface area (Å²) in [6, 6.07) is 0. The Morgan fingerprint density at radius 3 is 2.25 bits per heavy atom. The molecule has 0 N–H and O–H groups in total. The molecule has 2 rings (SSSR count). The predicted octanol–water partition coefficient (Wildman–Crippen LogP) is 2.77. The van der Waals surface area contributed by atoms with Crippen molar-refractivity contribution < 1.29 is 4.74 Å². The number of methoxy groups -OCH3 is 1. The highest BCUT2D eigenvalue weighted by Gasteiger charge is 2.30. The fraction of sp³-hybridized carbons (Fsp3) is 0.812. The summed E-state index contributed by atoms with van der Waals surface area (Å²) < 4.78 is 7.45. The maximum absolute atomic E-state index is 5.34. The zero-order valence-electron chi connectivity index (χ0n) is 14.0.